The third-order valence-corrected chi connectivity index (χ3v) is 6.51. The zero-order chi connectivity index (χ0) is 28.2. The number of carboxylic acids is 1. The Kier molecular flexibility index (Phi) is 8.24. The Morgan fingerprint density at radius 1 is 0.897 bits per heavy atom. The lowest BCUT2D eigenvalue weighted by Gasteiger charge is -2.25. The molecule has 39 heavy (non-hydrogen) atoms. The molecule has 1 aliphatic rings. The Labute approximate surface area is 228 Å². The fourth-order valence-corrected chi connectivity index (χ4v) is 4.67. The first kappa shape index (κ1) is 27.7. The molecular formula is C31H33NO7. The molecule has 1 N–H and O–H groups in total. The second-order valence-corrected chi connectivity index (χ2v) is 10.5. The summed E-state index contributed by atoms with van der Waals surface area (Å²) >= 11 is 0. The van der Waals surface area contributed by atoms with Gasteiger partial charge in [-0.3, -0.25) is 4.90 Å². The Morgan fingerprint density at radius 2 is 1.46 bits per heavy atom. The van der Waals surface area contributed by atoms with Crippen molar-refractivity contribution in [3.63, 3.8) is 0 Å². The molecule has 1 amide bonds. The number of carbonyl (C=O) groups is 3. The number of aliphatic carboxylic acids is 1. The van der Waals surface area contributed by atoms with Gasteiger partial charge in [0.2, 0.25) is 0 Å². The summed E-state index contributed by atoms with van der Waals surface area (Å²) in [5, 5.41) is 9.86. The van der Waals surface area contributed by atoms with E-state index in [2.05, 4.69) is 12.1 Å². The highest BCUT2D eigenvalue weighted by molar-refractivity contribution is 5.81. The van der Waals surface area contributed by atoms with E-state index in [4.69, 9.17) is 14.2 Å². The quantitative estimate of drug-likeness (QED) is 0.375. The van der Waals surface area contributed by atoms with Gasteiger partial charge in [0.15, 0.2) is 6.61 Å². The van der Waals surface area contributed by atoms with E-state index in [1.54, 1.807) is 45.0 Å². The SMILES string of the molecule is CN(C(=O)OCC1c2ccccc2-c2ccccc21)[C@@H](Cc1ccc(OCC(=O)OC(C)(C)C)cc1)C(=O)O. The summed E-state index contributed by atoms with van der Waals surface area (Å²) < 4.78 is 16.3. The van der Waals surface area contributed by atoms with Crippen LogP contribution in [0.4, 0.5) is 4.79 Å². The zero-order valence-electron chi connectivity index (χ0n) is 22.5. The lowest BCUT2D eigenvalue weighted by molar-refractivity contribution is -0.157. The van der Waals surface area contributed by atoms with Crippen LogP contribution in [-0.2, 0) is 25.5 Å². The Hall–Kier alpha value is -4.33. The molecule has 0 aliphatic heterocycles. The topological polar surface area (TPSA) is 102 Å². The van der Waals surface area contributed by atoms with Gasteiger partial charge in [0.05, 0.1) is 0 Å². The van der Waals surface area contributed by atoms with Gasteiger partial charge in [-0.15, -0.1) is 0 Å². The number of carbonyl (C=O) groups excluding carboxylic acids is 2. The van der Waals surface area contributed by atoms with Crippen molar-refractivity contribution in [2.24, 2.45) is 0 Å². The van der Waals surface area contributed by atoms with Crippen LogP contribution < -0.4 is 4.74 Å². The van der Waals surface area contributed by atoms with Gasteiger partial charge >= 0.3 is 18.0 Å². The molecule has 1 atom stereocenters. The summed E-state index contributed by atoms with van der Waals surface area (Å²) in [6, 6.07) is 21.6. The minimum atomic E-state index is -1.14. The number of nitrogens with zero attached hydrogens (tertiary/aromatic N) is 1. The molecule has 4 rings (SSSR count). The first-order valence-electron chi connectivity index (χ1n) is 12.8. The van der Waals surface area contributed by atoms with Gasteiger partial charge in [-0.2, -0.15) is 0 Å². The maximum absolute atomic E-state index is 12.9. The standard InChI is InChI=1S/C31H33NO7/c1-31(2,3)39-28(33)19-37-21-15-13-20(14-16-21)17-27(29(34)35)32(4)30(36)38-18-26-24-11-7-5-9-22(24)23-10-6-8-12-25(23)26/h5-16,26-27H,17-19H2,1-4H3,(H,34,35)/t27-/m0/s1. The second kappa shape index (κ2) is 11.6. The van der Waals surface area contributed by atoms with Crippen LogP contribution in [0.5, 0.6) is 5.75 Å². The summed E-state index contributed by atoms with van der Waals surface area (Å²) in [7, 11) is 1.43. The van der Waals surface area contributed by atoms with Crippen molar-refractivity contribution in [2.45, 2.75) is 44.8 Å². The zero-order valence-corrected chi connectivity index (χ0v) is 22.5. The second-order valence-electron chi connectivity index (χ2n) is 10.5. The van der Waals surface area contributed by atoms with Crippen molar-refractivity contribution >= 4 is 18.0 Å². The predicted molar refractivity (Wildman–Crippen MR) is 146 cm³/mol. The molecule has 0 bridgehead atoms. The summed E-state index contributed by atoms with van der Waals surface area (Å²) in [4.78, 5) is 38.0. The molecule has 0 heterocycles. The number of fused-ring (bicyclic) bond motifs is 3. The van der Waals surface area contributed by atoms with Crippen LogP contribution in [0.2, 0.25) is 0 Å². The van der Waals surface area contributed by atoms with Crippen LogP contribution in [0.25, 0.3) is 11.1 Å². The van der Waals surface area contributed by atoms with Crippen LogP contribution >= 0.6 is 0 Å². The third kappa shape index (κ3) is 6.76. The molecule has 204 valence electrons. The smallest absolute Gasteiger partial charge is 0.410 e. The van der Waals surface area contributed by atoms with Crippen molar-refractivity contribution in [3.8, 4) is 16.9 Å². The van der Waals surface area contributed by atoms with Crippen molar-refractivity contribution in [3.05, 3.63) is 89.5 Å². The fourth-order valence-electron chi connectivity index (χ4n) is 4.67. The summed E-state index contributed by atoms with van der Waals surface area (Å²) in [5.74, 6) is -1.30. The predicted octanol–water partition coefficient (Wildman–Crippen LogP) is 5.28. The van der Waals surface area contributed by atoms with E-state index in [1.807, 2.05) is 36.4 Å². The minimum absolute atomic E-state index is 0.0718. The first-order chi connectivity index (χ1) is 18.5. The monoisotopic (exact) mass is 531 g/mol. The lowest BCUT2D eigenvalue weighted by atomic mass is 9.98. The Balaban J connectivity index is 1.36. The van der Waals surface area contributed by atoms with Gasteiger partial charge in [0, 0.05) is 19.4 Å². The molecule has 0 spiro atoms. The Bertz CT molecular complexity index is 1300. The lowest BCUT2D eigenvalue weighted by Crippen LogP contribution is -2.44. The van der Waals surface area contributed by atoms with E-state index in [0.29, 0.717) is 11.3 Å². The number of ether oxygens (including phenoxy) is 3. The molecule has 0 aromatic heterocycles. The van der Waals surface area contributed by atoms with Crippen molar-refractivity contribution < 1.29 is 33.7 Å². The molecule has 1 aliphatic carbocycles. The van der Waals surface area contributed by atoms with Gasteiger partial charge in [-0.25, -0.2) is 14.4 Å². The molecule has 0 radical (unpaired) electrons. The van der Waals surface area contributed by atoms with Crippen molar-refractivity contribution in [1.29, 1.82) is 0 Å². The van der Waals surface area contributed by atoms with Gasteiger partial charge in [0.1, 0.15) is 24.0 Å². The minimum Gasteiger partial charge on any atom is -0.482 e. The number of rotatable bonds is 9. The van der Waals surface area contributed by atoms with Crippen LogP contribution in [0.15, 0.2) is 72.8 Å². The highest BCUT2D eigenvalue weighted by Gasteiger charge is 2.32. The number of amides is 1. The molecular weight excluding hydrogens is 498 g/mol. The maximum atomic E-state index is 12.9. The third-order valence-electron chi connectivity index (χ3n) is 6.51. The molecule has 3 aromatic carbocycles. The van der Waals surface area contributed by atoms with Crippen molar-refractivity contribution in [1.82, 2.24) is 4.90 Å². The molecule has 0 fully saturated rings. The largest absolute Gasteiger partial charge is 0.482 e. The van der Waals surface area contributed by atoms with E-state index in [1.165, 1.54) is 7.05 Å². The normalized spacial score (nSPS) is 13.1. The van der Waals surface area contributed by atoms with Gasteiger partial charge in [-0.05, 0) is 60.7 Å². The summed E-state index contributed by atoms with van der Waals surface area (Å²) in [6.07, 6.45) is -0.635. The molecule has 0 saturated carbocycles. The average molecular weight is 532 g/mol. The first-order valence-corrected chi connectivity index (χ1v) is 12.8. The fraction of sp³-hybridized carbons (Fsp3) is 0.323. The molecule has 8 nitrogen and oxygen atoms in total. The summed E-state index contributed by atoms with van der Waals surface area (Å²) in [6.45, 7) is 5.19. The van der Waals surface area contributed by atoms with Crippen LogP contribution in [0.3, 0.4) is 0 Å². The van der Waals surface area contributed by atoms with Gasteiger partial charge in [0.25, 0.3) is 0 Å². The van der Waals surface area contributed by atoms with Gasteiger partial charge < -0.3 is 19.3 Å². The van der Waals surface area contributed by atoms with Crippen LogP contribution in [0.1, 0.15) is 43.4 Å². The van der Waals surface area contributed by atoms with Crippen LogP contribution in [-0.4, -0.2) is 59.9 Å². The highest BCUT2D eigenvalue weighted by Crippen LogP contribution is 2.44. The molecule has 0 saturated heterocycles. The molecule has 3 aromatic rings. The number of likely N-dealkylation sites (N-methyl/N-ethyl adjacent to an activating group) is 1. The van der Waals surface area contributed by atoms with E-state index >= 15 is 0 Å². The van der Waals surface area contributed by atoms with Crippen LogP contribution in [0, 0.1) is 0 Å². The maximum Gasteiger partial charge on any atom is 0.410 e. The number of hydrogen-bond acceptors (Lipinski definition) is 6. The number of carboxylic acid groups (broad SMARTS) is 1. The van der Waals surface area contributed by atoms with E-state index in [0.717, 1.165) is 27.2 Å². The van der Waals surface area contributed by atoms with Gasteiger partial charge in [-0.1, -0.05) is 60.7 Å². The highest BCUT2D eigenvalue weighted by atomic mass is 16.6. The number of benzene rings is 3. The summed E-state index contributed by atoms with van der Waals surface area (Å²) in [5.41, 5.74) is 4.48. The number of hydrogen-bond donors (Lipinski definition) is 1. The van der Waals surface area contributed by atoms with E-state index < -0.39 is 29.7 Å². The van der Waals surface area contributed by atoms with E-state index in [-0.39, 0.29) is 25.6 Å². The Morgan fingerprint density at radius 3 is 2.00 bits per heavy atom. The number of esters is 1. The van der Waals surface area contributed by atoms with Crippen molar-refractivity contribution in [2.75, 3.05) is 20.3 Å². The van der Waals surface area contributed by atoms with E-state index in [9.17, 15) is 19.5 Å². The average Bonchev–Trinajstić information content (AvgIpc) is 3.22. The molecule has 8 heteroatoms. The molecule has 0 unspecified atom stereocenters.